The summed E-state index contributed by atoms with van der Waals surface area (Å²) in [6.45, 7) is 8.54. The summed E-state index contributed by atoms with van der Waals surface area (Å²) >= 11 is 6.24. The van der Waals surface area contributed by atoms with Gasteiger partial charge in [0.2, 0.25) is 5.91 Å². The van der Waals surface area contributed by atoms with Crippen LogP contribution in [0.4, 0.5) is 0 Å². The zero-order chi connectivity index (χ0) is 17.0. The van der Waals surface area contributed by atoms with E-state index in [0.29, 0.717) is 35.4 Å². The topological polar surface area (TPSA) is 57.0 Å². The van der Waals surface area contributed by atoms with Crippen molar-refractivity contribution in [3.63, 3.8) is 0 Å². The van der Waals surface area contributed by atoms with Crippen LogP contribution in [0.3, 0.4) is 0 Å². The number of carbonyl (C=O) groups excluding carboxylic acids is 1. The van der Waals surface area contributed by atoms with Crippen LogP contribution in [0.25, 0.3) is 11.4 Å². The van der Waals surface area contributed by atoms with Gasteiger partial charge >= 0.3 is 6.01 Å². The van der Waals surface area contributed by atoms with Gasteiger partial charge in [-0.3, -0.25) is 4.79 Å². The summed E-state index contributed by atoms with van der Waals surface area (Å²) in [5, 5.41) is 4.75. The number of aromatic nitrogens is 3. The fourth-order valence-electron chi connectivity index (χ4n) is 2.02. The van der Waals surface area contributed by atoms with Crippen molar-refractivity contribution in [2.24, 2.45) is 11.8 Å². The third kappa shape index (κ3) is 4.55. The van der Waals surface area contributed by atoms with Crippen LogP contribution in [0.15, 0.2) is 24.3 Å². The highest BCUT2D eigenvalue weighted by Crippen LogP contribution is 2.28. The van der Waals surface area contributed by atoms with E-state index in [-0.39, 0.29) is 17.8 Å². The summed E-state index contributed by atoms with van der Waals surface area (Å²) < 4.78 is 6.87. The van der Waals surface area contributed by atoms with E-state index in [2.05, 4.69) is 10.1 Å². The predicted molar refractivity (Wildman–Crippen MR) is 90.9 cm³/mol. The van der Waals surface area contributed by atoms with Crippen molar-refractivity contribution in [1.29, 1.82) is 0 Å². The first-order valence-corrected chi connectivity index (χ1v) is 8.14. The van der Waals surface area contributed by atoms with Crippen LogP contribution in [0, 0.1) is 11.8 Å². The molecule has 0 atom stereocenters. The lowest BCUT2D eigenvalue weighted by molar-refractivity contribution is 0.0870. The van der Waals surface area contributed by atoms with Gasteiger partial charge in [0, 0.05) is 12.0 Å². The molecule has 0 bridgehead atoms. The molecule has 0 aliphatic rings. The zero-order valence-electron chi connectivity index (χ0n) is 13.9. The molecule has 6 heteroatoms. The van der Waals surface area contributed by atoms with Crippen molar-refractivity contribution in [3.05, 3.63) is 29.3 Å². The van der Waals surface area contributed by atoms with Crippen LogP contribution in [0.2, 0.25) is 5.02 Å². The first kappa shape index (κ1) is 17.5. The van der Waals surface area contributed by atoms with Crippen LogP contribution in [0.5, 0.6) is 6.01 Å². The van der Waals surface area contributed by atoms with Gasteiger partial charge in [0.05, 0.1) is 11.6 Å². The van der Waals surface area contributed by atoms with Gasteiger partial charge in [-0.15, -0.1) is 5.10 Å². The number of hydrogen-bond donors (Lipinski definition) is 0. The number of ether oxygens (including phenoxy) is 1. The first-order valence-electron chi connectivity index (χ1n) is 7.76. The Morgan fingerprint density at radius 3 is 2.52 bits per heavy atom. The smallest absolute Gasteiger partial charge is 0.336 e. The normalized spacial score (nSPS) is 11.3. The van der Waals surface area contributed by atoms with E-state index in [1.54, 1.807) is 6.07 Å². The van der Waals surface area contributed by atoms with Gasteiger partial charge in [-0.2, -0.15) is 9.67 Å². The summed E-state index contributed by atoms with van der Waals surface area (Å²) in [6.07, 6.45) is 0.379. The first-order chi connectivity index (χ1) is 10.9. The molecule has 0 radical (unpaired) electrons. The van der Waals surface area contributed by atoms with E-state index in [0.717, 1.165) is 0 Å². The van der Waals surface area contributed by atoms with Gasteiger partial charge in [-0.1, -0.05) is 51.4 Å². The minimum Gasteiger partial charge on any atom is -0.462 e. The number of benzene rings is 1. The molecule has 0 N–H and O–H groups in total. The lowest BCUT2D eigenvalue weighted by Gasteiger charge is -2.07. The standard InChI is InChI=1S/C17H22ClN3O2/c1-11(2)9-15(22)21-16(13-7-5-6-8-14(13)18)19-17(20-21)23-10-12(3)4/h5-8,11-12H,9-10H2,1-4H3. The van der Waals surface area contributed by atoms with Crippen molar-refractivity contribution >= 4 is 17.5 Å². The highest BCUT2D eigenvalue weighted by Gasteiger charge is 2.21. The predicted octanol–water partition coefficient (Wildman–Crippen LogP) is 4.32. The minimum absolute atomic E-state index is 0.123. The molecule has 2 aromatic rings. The Bertz CT molecular complexity index is 680. The maximum Gasteiger partial charge on any atom is 0.336 e. The molecule has 5 nitrogen and oxygen atoms in total. The van der Waals surface area contributed by atoms with E-state index in [1.807, 2.05) is 45.9 Å². The maximum absolute atomic E-state index is 12.5. The molecule has 0 spiro atoms. The summed E-state index contributed by atoms with van der Waals surface area (Å²) in [7, 11) is 0. The van der Waals surface area contributed by atoms with Gasteiger partial charge in [0.15, 0.2) is 5.82 Å². The Hall–Kier alpha value is -1.88. The molecule has 0 saturated carbocycles. The quantitative estimate of drug-likeness (QED) is 0.788. The van der Waals surface area contributed by atoms with Gasteiger partial charge in [0.25, 0.3) is 0 Å². The fourth-order valence-corrected chi connectivity index (χ4v) is 2.24. The molecule has 2 rings (SSSR count). The van der Waals surface area contributed by atoms with Crippen molar-refractivity contribution in [1.82, 2.24) is 14.8 Å². The van der Waals surface area contributed by atoms with Crippen molar-refractivity contribution in [2.75, 3.05) is 6.61 Å². The van der Waals surface area contributed by atoms with Crippen LogP contribution in [0.1, 0.15) is 38.9 Å². The Morgan fingerprint density at radius 1 is 1.22 bits per heavy atom. The van der Waals surface area contributed by atoms with E-state index in [9.17, 15) is 4.79 Å². The Labute approximate surface area is 141 Å². The number of rotatable bonds is 6. The summed E-state index contributed by atoms with van der Waals surface area (Å²) in [4.78, 5) is 16.8. The lowest BCUT2D eigenvalue weighted by Crippen LogP contribution is -2.16. The molecule has 0 unspecified atom stereocenters. The number of carbonyl (C=O) groups is 1. The molecule has 1 heterocycles. The molecule has 124 valence electrons. The average Bonchev–Trinajstić information content (AvgIpc) is 2.89. The number of hydrogen-bond acceptors (Lipinski definition) is 4. The molecule has 1 aromatic carbocycles. The zero-order valence-corrected chi connectivity index (χ0v) is 14.7. The van der Waals surface area contributed by atoms with Crippen LogP contribution in [-0.2, 0) is 0 Å². The Morgan fingerprint density at radius 2 is 1.91 bits per heavy atom. The highest BCUT2D eigenvalue weighted by atomic mass is 35.5. The SMILES string of the molecule is CC(C)COc1nc(-c2ccccc2Cl)n(C(=O)CC(C)C)n1. The van der Waals surface area contributed by atoms with Gasteiger partial charge in [0.1, 0.15) is 0 Å². The second kappa shape index (κ2) is 7.59. The molecule has 0 fully saturated rings. The molecular weight excluding hydrogens is 314 g/mol. The maximum atomic E-state index is 12.5. The third-order valence-corrected chi connectivity index (χ3v) is 3.40. The Kier molecular flexibility index (Phi) is 5.77. The summed E-state index contributed by atoms with van der Waals surface area (Å²) in [5.74, 6) is 0.865. The van der Waals surface area contributed by atoms with E-state index < -0.39 is 0 Å². The lowest BCUT2D eigenvalue weighted by atomic mass is 10.1. The van der Waals surface area contributed by atoms with Crippen LogP contribution < -0.4 is 4.74 Å². The molecular formula is C17H22ClN3O2. The number of halogens is 1. The van der Waals surface area contributed by atoms with Crippen molar-refractivity contribution in [3.8, 4) is 17.4 Å². The fraction of sp³-hybridized carbons (Fsp3) is 0.471. The average molecular weight is 336 g/mol. The van der Waals surface area contributed by atoms with Crippen molar-refractivity contribution in [2.45, 2.75) is 34.1 Å². The van der Waals surface area contributed by atoms with Gasteiger partial charge in [-0.25, -0.2) is 0 Å². The minimum atomic E-state index is -0.123. The molecule has 1 aromatic heterocycles. The highest BCUT2D eigenvalue weighted by molar-refractivity contribution is 6.33. The van der Waals surface area contributed by atoms with Crippen LogP contribution in [-0.4, -0.2) is 27.3 Å². The van der Waals surface area contributed by atoms with Crippen molar-refractivity contribution < 1.29 is 9.53 Å². The molecule has 0 amide bonds. The van der Waals surface area contributed by atoms with Gasteiger partial charge < -0.3 is 4.74 Å². The van der Waals surface area contributed by atoms with E-state index in [1.165, 1.54) is 4.68 Å². The molecule has 23 heavy (non-hydrogen) atoms. The molecule has 0 aliphatic carbocycles. The summed E-state index contributed by atoms with van der Waals surface area (Å²) in [6, 6.07) is 7.46. The Balaban J connectivity index is 2.41. The van der Waals surface area contributed by atoms with Crippen LogP contribution >= 0.6 is 11.6 Å². The number of nitrogens with zero attached hydrogens (tertiary/aromatic N) is 3. The monoisotopic (exact) mass is 335 g/mol. The van der Waals surface area contributed by atoms with E-state index >= 15 is 0 Å². The van der Waals surface area contributed by atoms with Gasteiger partial charge in [-0.05, 0) is 24.0 Å². The third-order valence-electron chi connectivity index (χ3n) is 3.07. The van der Waals surface area contributed by atoms with E-state index in [4.69, 9.17) is 16.3 Å². The second-order valence-corrected chi connectivity index (χ2v) is 6.71. The second-order valence-electron chi connectivity index (χ2n) is 6.31. The molecule has 0 saturated heterocycles. The summed E-state index contributed by atoms with van der Waals surface area (Å²) in [5.41, 5.74) is 0.665. The molecule has 0 aliphatic heterocycles. The largest absolute Gasteiger partial charge is 0.462 e.